The zero-order valence-electron chi connectivity index (χ0n) is 25.8. The Kier molecular flexibility index (Phi) is 14.4. The first-order valence-electron chi connectivity index (χ1n) is 17.5. The van der Waals surface area contributed by atoms with Gasteiger partial charge in [0.15, 0.2) is 0 Å². The molecule has 4 bridgehead atoms. The lowest BCUT2D eigenvalue weighted by atomic mass is 9.42. The van der Waals surface area contributed by atoms with Gasteiger partial charge in [0.1, 0.15) is 11.6 Å². The molecule has 4 aliphatic rings. The van der Waals surface area contributed by atoms with E-state index in [1.54, 1.807) is 0 Å². The molecule has 0 aromatic rings. The van der Waals surface area contributed by atoms with E-state index in [2.05, 4.69) is 13.8 Å². The third kappa shape index (κ3) is 11.1. The standard InChI is InChI=1S/C36H64O2/c1-3-5-7-13-19-33(37)21-15-9-11-17-23-35-26-31-25-32(27-35)29-36(28-31,30-35)24-18-12-10-16-22-34(38)20-14-8-6-4-2/h31-32H,3-30H2,1-2H3. The summed E-state index contributed by atoms with van der Waals surface area (Å²) < 4.78 is 0. The fourth-order valence-corrected chi connectivity index (χ4v) is 9.33. The van der Waals surface area contributed by atoms with Crippen LogP contribution in [0.15, 0.2) is 0 Å². The van der Waals surface area contributed by atoms with Gasteiger partial charge >= 0.3 is 0 Å². The number of carbonyl (C=O) groups excluding carboxylic acids is 2. The van der Waals surface area contributed by atoms with Crippen LogP contribution in [0.3, 0.4) is 0 Å². The fourth-order valence-electron chi connectivity index (χ4n) is 9.33. The van der Waals surface area contributed by atoms with Crippen LogP contribution in [0.25, 0.3) is 0 Å². The van der Waals surface area contributed by atoms with Crippen LogP contribution in [0.2, 0.25) is 0 Å². The highest BCUT2D eigenvalue weighted by Gasteiger charge is 2.56. The molecule has 4 aliphatic carbocycles. The van der Waals surface area contributed by atoms with Crippen LogP contribution in [0.4, 0.5) is 0 Å². The van der Waals surface area contributed by atoms with Gasteiger partial charge in [-0.1, -0.05) is 90.9 Å². The highest BCUT2D eigenvalue weighted by molar-refractivity contribution is 5.78. The normalized spacial score (nSPS) is 27.7. The third-order valence-electron chi connectivity index (χ3n) is 10.7. The van der Waals surface area contributed by atoms with Crippen molar-refractivity contribution >= 4 is 11.6 Å². The Bertz CT molecular complexity index is 611. The number of hydrogen-bond donors (Lipinski definition) is 0. The van der Waals surface area contributed by atoms with E-state index in [1.807, 2.05) is 0 Å². The Balaban J connectivity index is 1.27. The topological polar surface area (TPSA) is 34.1 Å². The molecule has 2 nitrogen and oxygen atoms in total. The van der Waals surface area contributed by atoms with Crippen molar-refractivity contribution in [1.82, 2.24) is 0 Å². The molecule has 2 heteroatoms. The maximum Gasteiger partial charge on any atom is 0.132 e. The fraction of sp³-hybridized carbons (Fsp3) is 0.944. The van der Waals surface area contributed by atoms with Crippen LogP contribution in [-0.4, -0.2) is 11.6 Å². The predicted octanol–water partition coefficient (Wildman–Crippen LogP) is 11.3. The molecule has 0 aromatic heterocycles. The lowest BCUT2D eigenvalue weighted by Crippen LogP contribution is -2.51. The largest absolute Gasteiger partial charge is 0.300 e. The monoisotopic (exact) mass is 528 g/mol. The quantitative estimate of drug-likeness (QED) is 0.117. The molecule has 4 saturated carbocycles. The van der Waals surface area contributed by atoms with Crippen molar-refractivity contribution in [2.24, 2.45) is 22.7 Å². The van der Waals surface area contributed by atoms with Gasteiger partial charge < -0.3 is 0 Å². The number of Topliss-reactive ketones (excluding diaryl/α,β-unsaturated/α-hetero) is 2. The summed E-state index contributed by atoms with van der Waals surface area (Å²) in [6, 6.07) is 0. The molecule has 0 N–H and O–H groups in total. The first kappa shape index (κ1) is 31.9. The zero-order valence-corrected chi connectivity index (χ0v) is 25.8. The number of rotatable bonds is 24. The van der Waals surface area contributed by atoms with Crippen molar-refractivity contribution in [3.8, 4) is 0 Å². The van der Waals surface area contributed by atoms with Gasteiger partial charge in [-0.3, -0.25) is 9.59 Å². The van der Waals surface area contributed by atoms with Crippen LogP contribution in [0.1, 0.15) is 194 Å². The minimum atomic E-state index is 0.512. The number of carbonyl (C=O) groups is 2. The first-order valence-corrected chi connectivity index (χ1v) is 17.5. The molecular formula is C36H64O2. The molecule has 0 unspecified atom stereocenters. The van der Waals surface area contributed by atoms with E-state index in [4.69, 9.17) is 0 Å². The summed E-state index contributed by atoms with van der Waals surface area (Å²) in [5.41, 5.74) is 1.34. The molecule has 0 atom stereocenters. The third-order valence-corrected chi connectivity index (χ3v) is 10.7. The van der Waals surface area contributed by atoms with Crippen LogP contribution in [-0.2, 0) is 9.59 Å². The second-order valence-corrected chi connectivity index (χ2v) is 14.5. The molecule has 220 valence electrons. The van der Waals surface area contributed by atoms with Crippen molar-refractivity contribution in [2.45, 2.75) is 194 Å². The van der Waals surface area contributed by atoms with E-state index >= 15 is 0 Å². The van der Waals surface area contributed by atoms with Crippen LogP contribution >= 0.6 is 0 Å². The Labute approximate surface area is 237 Å². The summed E-state index contributed by atoms with van der Waals surface area (Å²) in [7, 11) is 0. The molecule has 0 radical (unpaired) electrons. The van der Waals surface area contributed by atoms with Gasteiger partial charge in [0.25, 0.3) is 0 Å². The van der Waals surface area contributed by atoms with E-state index in [0.717, 1.165) is 63.2 Å². The van der Waals surface area contributed by atoms with E-state index in [9.17, 15) is 9.59 Å². The first-order chi connectivity index (χ1) is 18.5. The van der Waals surface area contributed by atoms with Gasteiger partial charge in [-0.25, -0.2) is 0 Å². The predicted molar refractivity (Wildman–Crippen MR) is 162 cm³/mol. The molecule has 0 amide bonds. The van der Waals surface area contributed by atoms with Gasteiger partial charge in [0.05, 0.1) is 0 Å². The van der Waals surface area contributed by atoms with Crippen LogP contribution in [0, 0.1) is 22.7 Å². The maximum atomic E-state index is 12.1. The van der Waals surface area contributed by atoms with Gasteiger partial charge in [-0.2, -0.15) is 0 Å². The van der Waals surface area contributed by atoms with Crippen molar-refractivity contribution in [3.05, 3.63) is 0 Å². The molecule has 38 heavy (non-hydrogen) atoms. The van der Waals surface area contributed by atoms with E-state index < -0.39 is 0 Å². The summed E-state index contributed by atoms with van der Waals surface area (Å²) >= 11 is 0. The molecule has 0 spiro atoms. The summed E-state index contributed by atoms with van der Waals surface area (Å²) in [6.07, 6.45) is 35.4. The van der Waals surface area contributed by atoms with E-state index in [-0.39, 0.29) is 0 Å². The Morgan fingerprint density at radius 3 is 1.21 bits per heavy atom. The summed E-state index contributed by atoms with van der Waals surface area (Å²) in [5.74, 6) is 3.06. The lowest BCUT2D eigenvalue weighted by Gasteiger charge is -2.63. The van der Waals surface area contributed by atoms with Gasteiger partial charge in [-0.05, 0) is 99.7 Å². The molecule has 0 saturated heterocycles. The second-order valence-electron chi connectivity index (χ2n) is 14.5. The van der Waals surface area contributed by atoms with Crippen LogP contribution < -0.4 is 0 Å². The number of ketones is 2. The molecule has 4 rings (SSSR count). The SMILES string of the molecule is CCCCCCC(=O)CCCCCCC12CC3CC(C1)CC(CCCCCCC(=O)CCCCCC)(C3)C2. The molecule has 4 fully saturated rings. The smallest absolute Gasteiger partial charge is 0.132 e. The summed E-state index contributed by atoms with van der Waals surface area (Å²) in [5, 5.41) is 0. The van der Waals surface area contributed by atoms with Crippen molar-refractivity contribution in [1.29, 1.82) is 0 Å². The molecular weight excluding hydrogens is 464 g/mol. The molecule has 0 heterocycles. The van der Waals surface area contributed by atoms with E-state index in [1.165, 1.54) is 128 Å². The lowest BCUT2D eigenvalue weighted by molar-refractivity contribution is -0.120. The Hall–Kier alpha value is -0.660. The van der Waals surface area contributed by atoms with E-state index in [0.29, 0.717) is 22.4 Å². The molecule has 0 aromatic carbocycles. The van der Waals surface area contributed by atoms with Crippen LogP contribution in [0.5, 0.6) is 0 Å². The average molecular weight is 529 g/mol. The molecule has 0 aliphatic heterocycles. The summed E-state index contributed by atoms with van der Waals surface area (Å²) in [4.78, 5) is 24.2. The van der Waals surface area contributed by atoms with Crippen molar-refractivity contribution in [2.75, 3.05) is 0 Å². The Morgan fingerprint density at radius 2 is 0.842 bits per heavy atom. The summed E-state index contributed by atoms with van der Waals surface area (Å²) in [6.45, 7) is 4.46. The zero-order chi connectivity index (χ0) is 27.1. The Morgan fingerprint density at radius 1 is 0.500 bits per heavy atom. The highest BCUT2D eigenvalue weighted by Crippen LogP contribution is 2.68. The van der Waals surface area contributed by atoms with Gasteiger partial charge in [-0.15, -0.1) is 0 Å². The number of unbranched alkanes of at least 4 members (excludes halogenated alkanes) is 12. The minimum absolute atomic E-state index is 0.512. The maximum absolute atomic E-state index is 12.1. The van der Waals surface area contributed by atoms with Gasteiger partial charge in [0, 0.05) is 25.7 Å². The number of hydrogen-bond acceptors (Lipinski definition) is 2. The van der Waals surface area contributed by atoms with Crippen molar-refractivity contribution in [3.63, 3.8) is 0 Å². The van der Waals surface area contributed by atoms with Gasteiger partial charge in [0.2, 0.25) is 0 Å². The average Bonchev–Trinajstić information content (AvgIpc) is 2.88. The van der Waals surface area contributed by atoms with Crippen molar-refractivity contribution < 1.29 is 9.59 Å². The minimum Gasteiger partial charge on any atom is -0.300 e. The highest BCUT2D eigenvalue weighted by atomic mass is 16.1. The second kappa shape index (κ2) is 17.2.